The molecule has 114 valence electrons. The minimum Gasteiger partial charge on any atom is -0.318 e. The first-order valence-electron chi connectivity index (χ1n) is 6.97. The molecule has 1 atom stereocenters. The van der Waals surface area contributed by atoms with Crippen molar-refractivity contribution in [3.05, 3.63) is 21.9 Å². The van der Waals surface area contributed by atoms with E-state index in [1.807, 2.05) is 24.7 Å². The highest BCUT2D eigenvalue weighted by molar-refractivity contribution is 7.87. The molecule has 1 aliphatic heterocycles. The average Bonchev–Trinajstić information content (AvgIpc) is 2.83. The quantitative estimate of drug-likeness (QED) is 0.835. The Bertz CT molecular complexity index is 525. The summed E-state index contributed by atoms with van der Waals surface area (Å²) in [6.07, 6.45) is 2.97. The van der Waals surface area contributed by atoms with Crippen LogP contribution in [0, 0.1) is 6.92 Å². The van der Waals surface area contributed by atoms with Gasteiger partial charge in [0.1, 0.15) is 0 Å². The minimum absolute atomic E-state index is 0.0646. The Balaban J connectivity index is 2.02. The van der Waals surface area contributed by atoms with Gasteiger partial charge in [0.05, 0.1) is 0 Å². The zero-order valence-electron chi connectivity index (χ0n) is 12.1. The van der Waals surface area contributed by atoms with Crippen molar-refractivity contribution in [3.8, 4) is 0 Å². The molecule has 7 heteroatoms. The van der Waals surface area contributed by atoms with Crippen molar-refractivity contribution in [2.75, 3.05) is 20.1 Å². The number of piperidine rings is 1. The Labute approximate surface area is 125 Å². The first-order valence-corrected chi connectivity index (χ1v) is 9.35. The van der Waals surface area contributed by atoms with Crippen molar-refractivity contribution < 1.29 is 8.42 Å². The Morgan fingerprint density at radius 2 is 2.20 bits per heavy atom. The fourth-order valence-electron chi connectivity index (χ4n) is 2.55. The molecule has 1 unspecified atom stereocenters. The first-order chi connectivity index (χ1) is 9.54. The average molecular weight is 317 g/mol. The summed E-state index contributed by atoms with van der Waals surface area (Å²) in [5, 5.41) is 7.12. The van der Waals surface area contributed by atoms with Crippen LogP contribution in [0.1, 0.15) is 30.4 Å². The molecule has 0 spiro atoms. The van der Waals surface area contributed by atoms with E-state index in [2.05, 4.69) is 10.0 Å². The van der Waals surface area contributed by atoms with E-state index in [0.717, 1.165) is 30.4 Å². The lowest BCUT2D eigenvalue weighted by Gasteiger charge is -2.34. The van der Waals surface area contributed by atoms with E-state index < -0.39 is 10.2 Å². The number of nitrogens with one attached hydrogen (secondary N) is 2. The molecule has 1 aromatic rings. The minimum atomic E-state index is -3.40. The third-order valence-corrected chi connectivity index (χ3v) is 6.25. The van der Waals surface area contributed by atoms with Crippen LogP contribution in [0.5, 0.6) is 0 Å². The van der Waals surface area contributed by atoms with Crippen LogP contribution in [0.15, 0.2) is 10.8 Å². The topological polar surface area (TPSA) is 61.4 Å². The van der Waals surface area contributed by atoms with Crippen LogP contribution in [-0.4, -0.2) is 38.9 Å². The van der Waals surface area contributed by atoms with Gasteiger partial charge in [-0.05, 0) is 48.7 Å². The van der Waals surface area contributed by atoms with Gasteiger partial charge in [-0.1, -0.05) is 6.42 Å². The second-order valence-electron chi connectivity index (χ2n) is 5.22. The molecule has 1 aliphatic rings. The second kappa shape index (κ2) is 7.00. The van der Waals surface area contributed by atoms with Gasteiger partial charge in [-0.3, -0.25) is 0 Å². The summed E-state index contributed by atoms with van der Waals surface area (Å²) in [5.74, 6) is 0. The van der Waals surface area contributed by atoms with Gasteiger partial charge in [-0.2, -0.15) is 28.8 Å². The molecule has 0 saturated carbocycles. The lowest BCUT2D eigenvalue weighted by atomic mass is 10.1. The summed E-state index contributed by atoms with van der Waals surface area (Å²) in [6, 6.07) is 0.0646. The Kier molecular flexibility index (Phi) is 5.57. The largest absolute Gasteiger partial charge is 0.318 e. The summed E-state index contributed by atoms with van der Waals surface area (Å²) < 4.78 is 29.3. The summed E-state index contributed by atoms with van der Waals surface area (Å²) in [5.41, 5.74) is 2.20. The van der Waals surface area contributed by atoms with Crippen molar-refractivity contribution in [2.24, 2.45) is 0 Å². The van der Waals surface area contributed by atoms with Gasteiger partial charge in [0.15, 0.2) is 0 Å². The fraction of sp³-hybridized carbons (Fsp3) is 0.692. The number of thiophene rings is 1. The molecule has 0 radical (unpaired) electrons. The van der Waals surface area contributed by atoms with Crippen LogP contribution in [0.3, 0.4) is 0 Å². The number of likely N-dealkylation sites (N-methyl/N-ethyl adjacent to an activating group) is 1. The molecule has 2 rings (SSSR count). The molecule has 1 aromatic heterocycles. The van der Waals surface area contributed by atoms with Crippen molar-refractivity contribution in [1.29, 1.82) is 0 Å². The first kappa shape index (κ1) is 15.9. The SMILES string of the molecule is CNCC1CCCCN1S(=O)(=O)NCc1cscc1C. The standard InChI is InChI=1S/C13H23N3O2S2/c1-11-9-19-10-12(11)7-15-20(17,18)16-6-4-3-5-13(16)8-14-2/h9-10,13-15H,3-8H2,1-2H3. The van der Waals surface area contributed by atoms with Gasteiger partial charge in [-0.25, -0.2) is 0 Å². The molecule has 0 aromatic carbocycles. The van der Waals surface area contributed by atoms with Gasteiger partial charge in [-0.15, -0.1) is 0 Å². The van der Waals surface area contributed by atoms with Crippen LogP contribution in [0.4, 0.5) is 0 Å². The van der Waals surface area contributed by atoms with E-state index in [4.69, 9.17) is 0 Å². The Hall–Kier alpha value is -0.470. The zero-order chi connectivity index (χ0) is 14.6. The molecule has 2 N–H and O–H groups in total. The smallest absolute Gasteiger partial charge is 0.280 e. The van der Waals surface area contributed by atoms with Crippen molar-refractivity contribution in [1.82, 2.24) is 14.3 Å². The highest BCUT2D eigenvalue weighted by atomic mass is 32.2. The summed E-state index contributed by atoms with van der Waals surface area (Å²) >= 11 is 1.60. The Morgan fingerprint density at radius 3 is 2.85 bits per heavy atom. The summed E-state index contributed by atoms with van der Waals surface area (Å²) in [6.45, 7) is 3.70. The lowest BCUT2D eigenvalue weighted by molar-refractivity contribution is 0.246. The third-order valence-electron chi connectivity index (χ3n) is 3.73. The van der Waals surface area contributed by atoms with Crippen molar-refractivity contribution in [2.45, 2.75) is 38.8 Å². The van der Waals surface area contributed by atoms with Crippen LogP contribution in [-0.2, 0) is 16.8 Å². The molecule has 1 saturated heterocycles. The van der Waals surface area contributed by atoms with Gasteiger partial charge in [0.25, 0.3) is 10.2 Å². The molecule has 0 bridgehead atoms. The van der Waals surface area contributed by atoms with E-state index in [-0.39, 0.29) is 6.04 Å². The van der Waals surface area contributed by atoms with Gasteiger partial charge in [0, 0.05) is 25.7 Å². The monoisotopic (exact) mass is 317 g/mol. The molecule has 0 amide bonds. The van der Waals surface area contributed by atoms with E-state index in [1.165, 1.54) is 0 Å². The summed E-state index contributed by atoms with van der Waals surface area (Å²) in [4.78, 5) is 0. The normalized spacial score (nSPS) is 21.2. The molecule has 20 heavy (non-hydrogen) atoms. The molecule has 0 aliphatic carbocycles. The number of rotatable bonds is 6. The van der Waals surface area contributed by atoms with Crippen molar-refractivity contribution in [3.63, 3.8) is 0 Å². The van der Waals surface area contributed by atoms with E-state index in [1.54, 1.807) is 15.6 Å². The highest BCUT2D eigenvalue weighted by Crippen LogP contribution is 2.20. The maximum Gasteiger partial charge on any atom is 0.280 e. The van der Waals surface area contributed by atoms with E-state index >= 15 is 0 Å². The number of aryl methyl sites for hydroxylation is 1. The van der Waals surface area contributed by atoms with Gasteiger partial charge in [0.2, 0.25) is 0 Å². The van der Waals surface area contributed by atoms with Crippen LogP contribution >= 0.6 is 11.3 Å². The van der Waals surface area contributed by atoms with E-state index in [9.17, 15) is 8.42 Å². The maximum atomic E-state index is 12.5. The number of hydrogen-bond donors (Lipinski definition) is 2. The van der Waals surface area contributed by atoms with E-state index in [0.29, 0.717) is 19.6 Å². The highest BCUT2D eigenvalue weighted by Gasteiger charge is 2.31. The van der Waals surface area contributed by atoms with Gasteiger partial charge < -0.3 is 5.32 Å². The van der Waals surface area contributed by atoms with Crippen LogP contribution in [0.2, 0.25) is 0 Å². The van der Waals surface area contributed by atoms with Gasteiger partial charge >= 0.3 is 0 Å². The molecular weight excluding hydrogens is 294 g/mol. The van der Waals surface area contributed by atoms with Crippen molar-refractivity contribution >= 4 is 21.5 Å². The Morgan fingerprint density at radius 1 is 1.40 bits per heavy atom. The van der Waals surface area contributed by atoms with Crippen LogP contribution < -0.4 is 10.0 Å². The molecule has 5 nitrogen and oxygen atoms in total. The zero-order valence-corrected chi connectivity index (χ0v) is 13.7. The number of nitrogens with zero attached hydrogens (tertiary/aromatic N) is 1. The maximum absolute atomic E-state index is 12.5. The molecule has 2 heterocycles. The third kappa shape index (κ3) is 3.79. The predicted octanol–water partition coefficient (Wildman–Crippen LogP) is 1.46. The second-order valence-corrected chi connectivity index (χ2v) is 7.68. The molecular formula is C13H23N3O2S2. The number of hydrogen-bond acceptors (Lipinski definition) is 4. The predicted molar refractivity (Wildman–Crippen MR) is 83.1 cm³/mol. The van der Waals surface area contributed by atoms with Crippen LogP contribution in [0.25, 0.3) is 0 Å². The lowest BCUT2D eigenvalue weighted by Crippen LogP contribution is -2.51. The summed E-state index contributed by atoms with van der Waals surface area (Å²) in [7, 11) is -1.54. The molecule has 1 fully saturated rings. The fourth-order valence-corrected chi connectivity index (χ4v) is 4.85.